The molecule has 1 aliphatic heterocycles. The third-order valence-corrected chi connectivity index (χ3v) is 6.13. The van der Waals surface area contributed by atoms with Crippen LogP contribution in [0.1, 0.15) is 18.0 Å². The Kier molecular flexibility index (Phi) is 9.01. The van der Waals surface area contributed by atoms with Gasteiger partial charge < -0.3 is 19.5 Å². The highest BCUT2D eigenvalue weighted by Gasteiger charge is 2.35. The van der Waals surface area contributed by atoms with Crippen LogP contribution in [0.25, 0.3) is 0 Å². The van der Waals surface area contributed by atoms with Gasteiger partial charge in [0, 0.05) is 43.5 Å². The van der Waals surface area contributed by atoms with Crippen molar-refractivity contribution in [1.82, 2.24) is 9.80 Å². The molecule has 2 rings (SSSR count). The molecule has 1 heterocycles. The molecular formula is C20H25ClN2O6S. The zero-order valence-electron chi connectivity index (χ0n) is 17.0. The van der Waals surface area contributed by atoms with E-state index in [2.05, 4.69) is 0 Å². The van der Waals surface area contributed by atoms with Crippen molar-refractivity contribution in [3.05, 3.63) is 46.5 Å². The van der Waals surface area contributed by atoms with Crippen molar-refractivity contribution in [2.75, 3.05) is 40.2 Å². The normalized spacial score (nSPS) is 19.2. The number of aliphatic carboxylic acids is 1. The number of esters is 1. The molecule has 0 saturated carbocycles. The molecule has 1 aromatic carbocycles. The zero-order chi connectivity index (χ0) is 22.3. The van der Waals surface area contributed by atoms with Crippen LogP contribution >= 0.6 is 23.4 Å². The summed E-state index contributed by atoms with van der Waals surface area (Å²) in [5, 5.41) is 9.58. The number of hydrogen-bond acceptors (Lipinski definition) is 7. The number of rotatable bonds is 7. The van der Waals surface area contributed by atoms with Crippen LogP contribution < -0.4 is 0 Å². The minimum Gasteiger partial charge on any atom is -0.478 e. The van der Waals surface area contributed by atoms with Crippen LogP contribution in [0.15, 0.2) is 35.9 Å². The number of carboxylic acid groups (broad SMARTS) is 1. The summed E-state index contributed by atoms with van der Waals surface area (Å²) < 4.78 is 10.1. The Hall–Kier alpha value is -2.23. The van der Waals surface area contributed by atoms with Gasteiger partial charge in [-0.1, -0.05) is 29.8 Å². The van der Waals surface area contributed by atoms with Gasteiger partial charge in [0.15, 0.2) is 0 Å². The Bertz CT molecular complexity index is 816. The number of carbonyl (C=O) groups excluding carboxylic acids is 2. The Balaban J connectivity index is 2.20. The molecule has 1 aromatic rings. The molecule has 10 heteroatoms. The Morgan fingerprint density at radius 3 is 2.67 bits per heavy atom. The molecule has 0 spiro atoms. The molecule has 8 nitrogen and oxygen atoms in total. The third-order valence-electron chi connectivity index (χ3n) is 4.59. The second-order valence-corrected chi connectivity index (χ2v) is 8.39. The molecular weight excluding hydrogens is 432 g/mol. The standard InChI is InChI=1S/C20H25ClN2O6S/c1-22(2)20(27)29-12-30-16-8-9-23(11-13(16)10-17(24)25)18(19(26)28-3)14-6-4-5-7-15(14)21/h4-7,10,16,18H,8-9,11-12H2,1-3H3,(H,24,25)/b13-10+/t16?,18-/m0/s1. The van der Waals surface area contributed by atoms with E-state index in [1.807, 2.05) is 4.90 Å². The van der Waals surface area contributed by atoms with Gasteiger partial charge in [-0.2, -0.15) is 0 Å². The topological polar surface area (TPSA) is 96.4 Å². The van der Waals surface area contributed by atoms with Crippen LogP contribution in [0.4, 0.5) is 4.79 Å². The zero-order valence-corrected chi connectivity index (χ0v) is 18.6. The van der Waals surface area contributed by atoms with Gasteiger partial charge in [-0.05, 0) is 23.6 Å². The lowest BCUT2D eigenvalue weighted by atomic mass is 9.98. The fraction of sp³-hybridized carbons (Fsp3) is 0.450. The smallest absolute Gasteiger partial charge is 0.410 e. The number of halogens is 1. The number of carboxylic acids is 1. The number of hydrogen-bond donors (Lipinski definition) is 1. The summed E-state index contributed by atoms with van der Waals surface area (Å²) in [4.78, 5) is 38.7. The van der Waals surface area contributed by atoms with E-state index in [9.17, 15) is 19.5 Å². The van der Waals surface area contributed by atoms with Gasteiger partial charge in [0.25, 0.3) is 0 Å². The number of carbonyl (C=O) groups is 3. The lowest BCUT2D eigenvalue weighted by Crippen LogP contribution is -2.43. The van der Waals surface area contributed by atoms with Gasteiger partial charge in [-0.25, -0.2) is 14.4 Å². The predicted molar refractivity (Wildman–Crippen MR) is 115 cm³/mol. The van der Waals surface area contributed by atoms with Crippen molar-refractivity contribution in [3.63, 3.8) is 0 Å². The maximum atomic E-state index is 12.6. The van der Waals surface area contributed by atoms with Crippen molar-refractivity contribution in [2.24, 2.45) is 0 Å². The maximum absolute atomic E-state index is 12.6. The van der Waals surface area contributed by atoms with E-state index in [0.29, 0.717) is 29.1 Å². The van der Waals surface area contributed by atoms with Crippen molar-refractivity contribution in [1.29, 1.82) is 0 Å². The SMILES string of the molecule is COC(=O)[C@H](c1ccccc1Cl)N1CCC(SCOC(=O)N(C)C)/C(=C/C(=O)O)C1. The summed E-state index contributed by atoms with van der Waals surface area (Å²) in [6.07, 6.45) is 1.26. The number of methoxy groups -OCH3 is 1. The van der Waals surface area contributed by atoms with E-state index in [4.69, 9.17) is 21.1 Å². The van der Waals surface area contributed by atoms with Gasteiger partial charge in [-0.3, -0.25) is 4.90 Å². The molecule has 1 saturated heterocycles. The number of ether oxygens (including phenoxy) is 2. The summed E-state index contributed by atoms with van der Waals surface area (Å²) in [5.41, 5.74) is 1.23. The first-order chi connectivity index (χ1) is 14.2. The highest BCUT2D eigenvalue weighted by Crippen LogP contribution is 2.35. The molecule has 1 aliphatic rings. The number of thioether (sulfide) groups is 1. The summed E-state index contributed by atoms with van der Waals surface area (Å²) in [6, 6.07) is 6.26. The first kappa shape index (κ1) is 24.0. The minimum atomic E-state index is -1.07. The average molecular weight is 457 g/mol. The Morgan fingerprint density at radius 2 is 2.07 bits per heavy atom. The molecule has 0 aromatic heterocycles. The molecule has 30 heavy (non-hydrogen) atoms. The van der Waals surface area contributed by atoms with E-state index in [0.717, 1.165) is 6.08 Å². The first-order valence-electron chi connectivity index (χ1n) is 9.20. The summed E-state index contributed by atoms with van der Waals surface area (Å²) >= 11 is 7.66. The van der Waals surface area contributed by atoms with Crippen molar-refractivity contribution in [3.8, 4) is 0 Å². The number of amides is 1. The highest BCUT2D eigenvalue weighted by molar-refractivity contribution is 7.99. The van der Waals surface area contributed by atoms with Crippen molar-refractivity contribution >= 4 is 41.4 Å². The molecule has 2 atom stereocenters. The monoisotopic (exact) mass is 456 g/mol. The van der Waals surface area contributed by atoms with Crippen LogP contribution in [-0.2, 0) is 19.1 Å². The Morgan fingerprint density at radius 1 is 1.37 bits per heavy atom. The van der Waals surface area contributed by atoms with Crippen LogP contribution in [-0.4, -0.2) is 78.4 Å². The molecule has 0 aliphatic carbocycles. The van der Waals surface area contributed by atoms with Gasteiger partial charge >= 0.3 is 18.0 Å². The molecule has 1 N–H and O–H groups in total. The molecule has 0 radical (unpaired) electrons. The van der Waals surface area contributed by atoms with Crippen LogP contribution in [0.3, 0.4) is 0 Å². The summed E-state index contributed by atoms with van der Waals surface area (Å²) in [5.74, 6) is -1.44. The van der Waals surface area contributed by atoms with Crippen molar-refractivity contribution in [2.45, 2.75) is 17.7 Å². The fourth-order valence-corrected chi connectivity index (χ4v) is 4.37. The predicted octanol–water partition coefficient (Wildman–Crippen LogP) is 3.03. The van der Waals surface area contributed by atoms with Gasteiger partial charge in [0.05, 0.1) is 7.11 Å². The highest BCUT2D eigenvalue weighted by atomic mass is 35.5. The van der Waals surface area contributed by atoms with Crippen molar-refractivity contribution < 1.29 is 29.0 Å². The summed E-state index contributed by atoms with van der Waals surface area (Å²) in [6.45, 7) is 0.762. The Labute approximate surface area is 184 Å². The van der Waals surface area contributed by atoms with Crippen LogP contribution in [0, 0.1) is 0 Å². The number of nitrogens with zero attached hydrogens (tertiary/aromatic N) is 2. The fourth-order valence-electron chi connectivity index (χ4n) is 3.17. The number of likely N-dealkylation sites (tertiary alicyclic amines) is 1. The van der Waals surface area contributed by atoms with Crippen LogP contribution in [0.5, 0.6) is 0 Å². The molecule has 1 unspecified atom stereocenters. The lowest BCUT2D eigenvalue weighted by molar-refractivity contribution is -0.147. The minimum absolute atomic E-state index is 0.101. The largest absolute Gasteiger partial charge is 0.478 e. The molecule has 1 fully saturated rings. The van der Waals surface area contributed by atoms with Gasteiger partial charge in [0.1, 0.15) is 12.0 Å². The van der Waals surface area contributed by atoms with E-state index in [1.165, 1.54) is 23.8 Å². The van der Waals surface area contributed by atoms with E-state index < -0.39 is 24.1 Å². The molecule has 164 valence electrons. The first-order valence-corrected chi connectivity index (χ1v) is 10.6. The number of benzene rings is 1. The molecule has 1 amide bonds. The second kappa shape index (κ2) is 11.2. The summed E-state index contributed by atoms with van der Waals surface area (Å²) in [7, 11) is 4.48. The number of piperidine rings is 1. The van der Waals surface area contributed by atoms with E-state index in [-0.39, 0.29) is 17.7 Å². The maximum Gasteiger partial charge on any atom is 0.410 e. The van der Waals surface area contributed by atoms with Gasteiger partial charge in [-0.15, -0.1) is 11.8 Å². The van der Waals surface area contributed by atoms with E-state index >= 15 is 0 Å². The lowest BCUT2D eigenvalue weighted by Gasteiger charge is -2.38. The molecule has 0 bridgehead atoms. The second-order valence-electron chi connectivity index (χ2n) is 6.84. The van der Waals surface area contributed by atoms with Crippen LogP contribution in [0.2, 0.25) is 5.02 Å². The van der Waals surface area contributed by atoms with E-state index in [1.54, 1.807) is 38.4 Å². The van der Waals surface area contributed by atoms with Gasteiger partial charge in [0.2, 0.25) is 0 Å². The third kappa shape index (κ3) is 6.38. The average Bonchev–Trinajstić information content (AvgIpc) is 2.70. The quantitative estimate of drug-likeness (QED) is 0.380.